The number of sulfonamides is 1. The number of methoxy groups -OCH3 is 1. The molecule has 1 unspecified atom stereocenters. The summed E-state index contributed by atoms with van der Waals surface area (Å²) in [5, 5.41) is 0.145. The highest BCUT2D eigenvalue weighted by molar-refractivity contribution is 7.89. The summed E-state index contributed by atoms with van der Waals surface area (Å²) in [7, 11) is -2.36. The van der Waals surface area contributed by atoms with Crippen LogP contribution in [0.3, 0.4) is 0 Å². The fourth-order valence-electron chi connectivity index (χ4n) is 2.49. The Morgan fingerprint density at radius 1 is 1.24 bits per heavy atom. The highest BCUT2D eigenvalue weighted by Gasteiger charge is 2.33. The van der Waals surface area contributed by atoms with Gasteiger partial charge in [-0.2, -0.15) is 4.31 Å². The predicted octanol–water partition coefficient (Wildman–Crippen LogP) is 1.22. The molecule has 7 nitrogen and oxygen atoms in total. The average molecular weight is 433 g/mol. The number of piperazine rings is 1. The number of benzene rings is 1. The van der Waals surface area contributed by atoms with Crippen molar-refractivity contribution in [1.82, 2.24) is 9.21 Å². The molecule has 0 radical (unpaired) electrons. The van der Waals surface area contributed by atoms with Crippen LogP contribution in [0.5, 0.6) is 0 Å². The molecule has 1 saturated heterocycles. The maximum atomic E-state index is 12.8. The van der Waals surface area contributed by atoms with Crippen molar-refractivity contribution in [3.05, 3.63) is 28.2 Å². The molecule has 142 valence electrons. The van der Waals surface area contributed by atoms with E-state index >= 15 is 0 Å². The Bertz CT molecular complexity index is 689. The van der Waals surface area contributed by atoms with Crippen molar-refractivity contribution in [1.29, 1.82) is 0 Å². The van der Waals surface area contributed by atoms with Gasteiger partial charge in [0.2, 0.25) is 15.9 Å². The summed E-state index contributed by atoms with van der Waals surface area (Å²) < 4.78 is 31.6. The van der Waals surface area contributed by atoms with Crippen molar-refractivity contribution in [2.45, 2.75) is 10.9 Å². The van der Waals surface area contributed by atoms with Gasteiger partial charge in [-0.1, -0.05) is 29.3 Å². The van der Waals surface area contributed by atoms with Gasteiger partial charge in [0.05, 0.1) is 16.7 Å². The summed E-state index contributed by atoms with van der Waals surface area (Å²) in [5.74, 6) is -0.260. The largest absolute Gasteiger partial charge is 0.383 e. The van der Waals surface area contributed by atoms with Crippen LogP contribution >= 0.6 is 35.6 Å². The maximum absolute atomic E-state index is 12.8. The first-order valence-corrected chi connectivity index (χ1v) is 9.46. The number of ether oxygens (including phenoxy) is 1. The van der Waals surface area contributed by atoms with Crippen LogP contribution in [-0.2, 0) is 19.6 Å². The number of carbonyl (C=O) groups is 1. The minimum atomic E-state index is -3.83. The molecule has 2 N–H and O–H groups in total. The van der Waals surface area contributed by atoms with E-state index in [9.17, 15) is 13.2 Å². The van der Waals surface area contributed by atoms with Crippen LogP contribution in [0, 0.1) is 0 Å². The zero-order valence-electron chi connectivity index (χ0n) is 13.5. The fraction of sp³-hybridized carbons (Fsp3) is 0.500. The lowest BCUT2D eigenvalue weighted by Crippen LogP contribution is -2.55. The molecule has 1 aliphatic heterocycles. The van der Waals surface area contributed by atoms with Gasteiger partial charge >= 0.3 is 0 Å². The SMILES string of the molecule is COCC(N)C(=O)N1CCN(S(=O)(=O)c2c(Cl)cccc2Cl)CC1.Cl. The second-order valence-corrected chi connectivity index (χ2v) is 8.03. The van der Waals surface area contributed by atoms with Crippen LogP contribution in [-0.4, -0.2) is 69.5 Å². The molecule has 11 heteroatoms. The summed E-state index contributed by atoms with van der Waals surface area (Å²) in [6, 6.07) is 3.78. The molecule has 2 rings (SSSR count). The number of hydrogen-bond donors (Lipinski definition) is 1. The average Bonchev–Trinajstić information content (AvgIpc) is 2.54. The molecule has 0 bridgehead atoms. The van der Waals surface area contributed by atoms with Gasteiger partial charge in [0.25, 0.3) is 0 Å². The van der Waals surface area contributed by atoms with E-state index in [4.69, 9.17) is 33.7 Å². The molecule has 0 spiro atoms. The topological polar surface area (TPSA) is 92.9 Å². The molecule has 0 aliphatic carbocycles. The van der Waals surface area contributed by atoms with E-state index in [2.05, 4.69) is 0 Å². The van der Waals surface area contributed by atoms with Gasteiger partial charge in [-0.25, -0.2) is 8.42 Å². The molecule has 1 aliphatic rings. The van der Waals surface area contributed by atoms with Gasteiger partial charge in [-0.3, -0.25) is 4.79 Å². The van der Waals surface area contributed by atoms with Gasteiger partial charge in [0.15, 0.2) is 0 Å². The van der Waals surface area contributed by atoms with E-state index in [0.29, 0.717) is 0 Å². The molecule has 0 aromatic heterocycles. The lowest BCUT2D eigenvalue weighted by Gasteiger charge is -2.35. The lowest BCUT2D eigenvalue weighted by atomic mass is 10.2. The molecular weight excluding hydrogens is 413 g/mol. The van der Waals surface area contributed by atoms with E-state index in [-0.39, 0.29) is 66.0 Å². The first kappa shape index (κ1) is 22.4. The van der Waals surface area contributed by atoms with Gasteiger partial charge in [-0.05, 0) is 12.1 Å². The standard InChI is InChI=1S/C14H19Cl2N3O4S.ClH/c1-23-9-12(17)14(20)18-5-7-19(8-6-18)24(21,22)13-10(15)3-2-4-11(13)16;/h2-4,12H,5-9,17H2,1H3;1H. The highest BCUT2D eigenvalue weighted by Crippen LogP contribution is 2.31. The van der Waals surface area contributed by atoms with Crippen molar-refractivity contribution in [3.8, 4) is 0 Å². The van der Waals surface area contributed by atoms with Crippen LogP contribution in [0.1, 0.15) is 0 Å². The highest BCUT2D eigenvalue weighted by atomic mass is 35.5. The molecule has 1 amide bonds. The first-order valence-electron chi connectivity index (χ1n) is 7.26. The van der Waals surface area contributed by atoms with Gasteiger partial charge in [0, 0.05) is 33.3 Å². The minimum absolute atomic E-state index is 0. The summed E-state index contributed by atoms with van der Waals surface area (Å²) in [4.78, 5) is 13.6. The third kappa shape index (κ3) is 4.97. The number of hydrogen-bond acceptors (Lipinski definition) is 5. The van der Waals surface area contributed by atoms with Gasteiger partial charge in [-0.15, -0.1) is 12.4 Å². The Labute approximate surface area is 163 Å². The Morgan fingerprint density at radius 3 is 2.24 bits per heavy atom. The van der Waals surface area contributed by atoms with Crippen molar-refractivity contribution in [2.75, 3.05) is 39.9 Å². The zero-order chi connectivity index (χ0) is 17.9. The molecule has 1 aromatic carbocycles. The van der Waals surface area contributed by atoms with Crippen molar-refractivity contribution in [2.24, 2.45) is 5.73 Å². The van der Waals surface area contributed by atoms with Gasteiger partial charge < -0.3 is 15.4 Å². The quantitative estimate of drug-likeness (QED) is 0.755. The second kappa shape index (κ2) is 9.36. The Hall–Kier alpha value is -0.610. The van der Waals surface area contributed by atoms with Crippen LogP contribution in [0.2, 0.25) is 10.0 Å². The van der Waals surface area contributed by atoms with Crippen LogP contribution in [0.15, 0.2) is 23.1 Å². The van der Waals surface area contributed by atoms with Crippen LogP contribution in [0.25, 0.3) is 0 Å². The Kier molecular flexibility index (Phi) is 8.40. The smallest absolute Gasteiger partial charge is 0.246 e. The molecule has 1 fully saturated rings. The van der Waals surface area contributed by atoms with Crippen LogP contribution in [0.4, 0.5) is 0 Å². The van der Waals surface area contributed by atoms with E-state index < -0.39 is 16.1 Å². The number of amides is 1. The molecule has 1 atom stereocenters. The number of nitrogens with two attached hydrogens (primary N) is 1. The number of rotatable bonds is 5. The van der Waals surface area contributed by atoms with Crippen LogP contribution < -0.4 is 5.73 Å². The van der Waals surface area contributed by atoms with E-state index in [1.54, 1.807) is 6.07 Å². The molecule has 1 heterocycles. The van der Waals surface area contributed by atoms with Gasteiger partial charge in [0.1, 0.15) is 10.9 Å². The molecule has 25 heavy (non-hydrogen) atoms. The number of carbonyl (C=O) groups excluding carboxylic acids is 1. The van der Waals surface area contributed by atoms with Crippen molar-refractivity contribution < 1.29 is 17.9 Å². The minimum Gasteiger partial charge on any atom is -0.383 e. The van der Waals surface area contributed by atoms with Crippen molar-refractivity contribution >= 4 is 51.5 Å². The summed E-state index contributed by atoms with van der Waals surface area (Å²) in [6.07, 6.45) is 0. The number of halogens is 3. The van der Waals surface area contributed by atoms with Crippen molar-refractivity contribution in [3.63, 3.8) is 0 Å². The number of nitrogens with zero attached hydrogens (tertiary/aromatic N) is 2. The third-order valence-electron chi connectivity index (χ3n) is 3.73. The molecule has 1 aromatic rings. The molecular formula is C14H20Cl3N3O4S. The fourth-order valence-corrected chi connectivity index (χ4v) is 5.01. The van der Waals surface area contributed by atoms with E-state index in [1.165, 1.54) is 28.4 Å². The summed E-state index contributed by atoms with van der Waals surface area (Å²) >= 11 is 12.0. The lowest BCUT2D eigenvalue weighted by molar-refractivity contribution is -0.134. The van der Waals surface area contributed by atoms with E-state index in [1.807, 2.05) is 0 Å². The second-order valence-electron chi connectivity index (χ2n) is 5.34. The predicted molar refractivity (Wildman–Crippen MR) is 98.9 cm³/mol. The molecule has 0 saturated carbocycles. The zero-order valence-corrected chi connectivity index (χ0v) is 16.7. The normalized spacial score (nSPS) is 17.0. The first-order chi connectivity index (χ1) is 11.3. The summed E-state index contributed by atoms with van der Waals surface area (Å²) in [6.45, 7) is 0.909. The van der Waals surface area contributed by atoms with E-state index in [0.717, 1.165) is 0 Å². The maximum Gasteiger partial charge on any atom is 0.246 e. The Morgan fingerprint density at radius 2 is 1.76 bits per heavy atom. The Balaban J connectivity index is 0.00000312. The third-order valence-corrected chi connectivity index (χ3v) is 6.59. The monoisotopic (exact) mass is 431 g/mol. The summed E-state index contributed by atoms with van der Waals surface area (Å²) in [5.41, 5.74) is 5.73.